The summed E-state index contributed by atoms with van der Waals surface area (Å²) < 4.78 is 52.0. The Morgan fingerprint density at radius 3 is 2.55 bits per heavy atom. The van der Waals surface area contributed by atoms with Crippen molar-refractivity contribution >= 4 is 33.7 Å². The third-order valence-electron chi connectivity index (χ3n) is 5.89. The van der Waals surface area contributed by atoms with Crippen LogP contribution in [0.5, 0.6) is 11.5 Å². The molecule has 1 fully saturated rings. The van der Waals surface area contributed by atoms with Crippen molar-refractivity contribution in [3.05, 3.63) is 88.7 Å². The van der Waals surface area contributed by atoms with Crippen molar-refractivity contribution in [2.75, 3.05) is 13.2 Å². The first kappa shape index (κ1) is 27.6. The molecule has 0 bridgehead atoms. The second-order valence-electron chi connectivity index (χ2n) is 8.52. The zero-order chi connectivity index (χ0) is 27.1. The number of ether oxygens (including phenoxy) is 2. The van der Waals surface area contributed by atoms with Gasteiger partial charge in [-0.3, -0.25) is 4.79 Å². The summed E-state index contributed by atoms with van der Waals surface area (Å²) in [5.74, 6) is 0.163. The van der Waals surface area contributed by atoms with E-state index in [2.05, 4.69) is 10.5 Å². The number of nitrogens with zero attached hydrogens (tertiary/aromatic N) is 2. The summed E-state index contributed by atoms with van der Waals surface area (Å²) in [6, 6.07) is 16.2. The van der Waals surface area contributed by atoms with E-state index in [1.54, 1.807) is 30.3 Å². The van der Waals surface area contributed by atoms with E-state index < -0.39 is 22.0 Å². The minimum atomic E-state index is -3.86. The second kappa shape index (κ2) is 12.4. The zero-order valence-electron chi connectivity index (χ0n) is 20.6. The first-order valence-corrected chi connectivity index (χ1v) is 13.8. The number of sulfonamides is 1. The quantitative estimate of drug-likeness (QED) is 0.285. The molecule has 1 N–H and O–H groups in total. The van der Waals surface area contributed by atoms with Gasteiger partial charge < -0.3 is 9.47 Å². The zero-order valence-corrected chi connectivity index (χ0v) is 22.2. The predicted molar refractivity (Wildman–Crippen MR) is 142 cm³/mol. The van der Waals surface area contributed by atoms with Gasteiger partial charge >= 0.3 is 0 Å². The van der Waals surface area contributed by atoms with Gasteiger partial charge in [0.1, 0.15) is 18.5 Å². The molecule has 200 valence electrons. The second-order valence-corrected chi connectivity index (χ2v) is 10.8. The molecule has 1 saturated heterocycles. The topological polar surface area (TPSA) is 97.3 Å². The molecule has 1 aliphatic rings. The number of carbonyl (C=O) groups is 1. The Morgan fingerprint density at radius 1 is 1.11 bits per heavy atom. The lowest BCUT2D eigenvalue weighted by atomic mass is 10.2. The van der Waals surface area contributed by atoms with Gasteiger partial charge in [-0.15, -0.1) is 0 Å². The molecule has 3 aromatic carbocycles. The van der Waals surface area contributed by atoms with Crippen LogP contribution in [0.15, 0.2) is 76.7 Å². The number of carbonyl (C=O) groups excluding carboxylic acids is 1. The summed E-state index contributed by atoms with van der Waals surface area (Å²) in [7, 11) is -3.86. The van der Waals surface area contributed by atoms with E-state index in [9.17, 15) is 17.6 Å². The maximum Gasteiger partial charge on any atom is 0.258 e. The van der Waals surface area contributed by atoms with Crippen LogP contribution in [-0.4, -0.2) is 44.0 Å². The maximum atomic E-state index is 13.1. The van der Waals surface area contributed by atoms with Crippen LogP contribution in [0, 0.1) is 5.82 Å². The summed E-state index contributed by atoms with van der Waals surface area (Å²) in [6.45, 7) is 2.73. The Bertz CT molecular complexity index is 1400. The van der Waals surface area contributed by atoms with Gasteiger partial charge in [0, 0.05) is 11.6 Å². The van der Waals surface area contributed by atoms with Crippen LogP contribution in [-0.2, 0) is 21.4 Å². The van der Waals surface area contributed by atoms with E-state index >= 15 is 0 Å². The van der Waals surface area contributed by atoms with Gasteiger partial charge in [0.2, 0.25) is 10.0 Å². The summed E-state index contributed by atoms with van der Waals surface area (Å²) in [5.41, 5.74) is 3.90. The number of nitrogens with one attached hydrogen (secondary N) is 1. The van der Waals surface area contributed by atoms with Gasteiger partial charge in [-0.2, -0.15) is 9.41 Å². The number of halogens is 2. The van der Waals surface area contributed by atoms with Gasteiger partial charge in [-0.25, -0.2) is 18.2 Å². The highest BCUT2D eigenvalue weighted by Gasteiger charge is 2.39. The standard InChI is InChI=1S/C27H27ClFN3O5S/c1-2-36-26-16-20(7-14-25(26)37-18-19-5-10-22(29)11-6-19)17-30-31-27(33)24-4-3-15-32(24)38(34,35)23-12-8-21(28)9-13-23/h5-14,16-17,24H,2-4,15,18H2,1H3,(H,31,33)/t24-/m1/s1. The SMILES string of the molecule is CCOc1cc(C=NNC(=O)[C@H]2CCCN2S(=O)(=O)c2ccc(Cl)cc2)ccc1OCc1ccc(F)cc1. The molecule has 0 aliphatic carbocycles. The average molecular weight is 560 g/mol. The summed E-state index contributed by atoms with van der Waals surface area (Å²) in [6.07, 6.45) is 2.39. The summed E-state index contributed by atoms with van der Waals surface area (Å²) in [5, 5.41) is 4.45. The number of amides is 1. The van der Waals surface area contributed by atoms with Crippen molar-refractivity contribution in [2.45, 2.75) is 37.3 Å². The monoisotopic (exact) mass is 559 g/mol. The Kier molecular flexibility index (Phi) is 8.98. The summed E-state index contributed by atoms with van der Waals surface area (Å²) >= 11 is 5.88. The molecular weight excluding hydrogens is 533 g/mol. The minimum Gasteiger partial charge on any atom is -0.490 e. The number of rotatable bonds is 10. The molecule has 0 aromatic heterocycles. The third kappa shape index (κ3) is 6.69. The number of benzene rings is 3. The van der Waals surface area contributed by atoms with Crippen molar-refractivity contribution in [3.63, 3.8) is 0 Å². The van der Waals surface area contributed by atoms with Gasteiger partial charge in [-0.05, 0) is 85.5 Å². The molecule has 0 spiro atoms. The van der Waals surface area contributed by atoms with E-state index in [0.717, 1.165) is 5.56 Å². The molecule has 1 heterocycles. The summed E-state index contributed by atoms with van der Waals surface area (Å²) in [4.78, 5) is 12.9. The first-order valence-electron chi connectivity index (χ1n) is 12.0. The Morgan fingerprint density at radius 2 is 1.84 bits per heavy atom. The Balaban J connectivity index is 1.40. The Hall–Kier alpha value is -3.47. The molecule has 0 radical (unpaired) electrons. The van der Waals surface area contributed by atoms with Crippen molar-refractivity contribution in [1.82, 2.24) is 9.73 Å². The van der Waals surface area contributed by atoms with Gasteiger partial charge in [0.05, 0.1) is 17.7 Å². The van der Waals surface area contributed by atoms with Crippen molar-refractivity contribution in [1.29, 1.82) is 0 Å². The van der Waals surface area contributed by atoms with Crippen LogP contribution in [0.1, 0.15) is 30.9 Å². The highest BCUT2D eigenvalue weighted by atomic mass is 35.5. The molecular formula is C27H27ClFN3O5S. The predicted octanol–water partition coefficient (Wildman–Crippen LogP) is 4.76. The lowest BCUT2D eigenvalue weighted by Crippen LogP contribution is -2.44. The lowest BCUT2D eigenvalue weighted by molar-refractivity contribution is -0.124. The van der Waals surface area contributed by atoms with E-state index in [1.165, 1.54) is 46.9 Å². The smallest absolute Gasteiger partial charge is 0.258 e. The molecule has 8 nitrogen and oxygen atoms in total. The molecule has 0 unspecified atom stereocenters. The van der Waals surface area contributed by atoms with Crippen LogP contribution in [0.2, 0.25) is 5.02 Å². The highest BCUT2D eigenvalue weighted by Crippen LogP contribution is 2.29. The Labute approximate surface area is 226 Å². The number of hydrazone groups is 1. The fraction of sp³-hybridized carbons (Fsp3) is 0.259. The van der Waals surface area contributed by atoms with E-state index in [1.807, 2.05) is 6.92 Å². The molecule has 3 aromatic rings. The fourth-order valence-electron chi connectivity index (χ4n) is 4.01. The normalized spacial score (nSPS) is 16.0. The largest absolute Gasteiger partial charge is 0.490 e. The molecule has 1 amide bonds. The van der Waals surface area contributed by atoms with Crippen molar-refractivity contribution < 1.29 is 27.1 Å². The van der Waals surface area contributed by atoms with Crippen LogP contribution < -0.4 is 14.9 Å². The van der Waals surface area contributed by atoms with Crippen LogP contribution in [0.25, 0.3) is 0 Å². The molecule has 1 atom stereocenters. The highest BCUT2D eigenvalue weighted by molar-refractivity contribution is 7.89. The fourth-order valence-corrected chi connectivity index (χ4v) is 5.79. The van der Waals surface area contributed by atoms with E-state index in [4.69, 9.17) is 21.1 Å². The van der Waals surface area contributed by atoms with E-state index in [-0.39, 0.29) is 23.9 Å². The van der Waals surface area contributed by atoms with Crippen LogP contribution in [0.3, 0.4) is 0 Å². The number of hydrogen-bond donors (Lipinski definition) is 1. The van der Waals surface area contributed by atoms with Gasteiger partial charge in [-0.1, -0.05) is 23.7 Å². The van der Waals surface area contributed by atoms with Crippen LogP contribution in [0.4, 0.5) is 4.39 Å². The van der Waals surface area contributed by atoms with Crippen molar-refractivity contribution in [2.24, 2.45) is 5.10 Å². The van der Waals surface area contributed by atoms with Gasteiger partial charge in [0.25, 0.3) is 5.91 Å². The molecule has 38 heavy (non-hydrogen) atoms. The van der Waals surface area contributed by atoms with E-state index in [0.29, 0.717) is 41.5 Å². The molecule has 1 aliphatic heterocycles. The average Bonchev–Trinajstić information content (AvgIpc) is 3.41. The maximum absolute atomic E-state index is 13.1. The molecule has 4 rings (SSSR count). The van der Waals surface area contributed by atoms with Crippen molar-refractivity contribution in [3.8, 4) is 11.5 Å². The lowest BCUT2D eigenvalue weighted by Gasteiger charge is -2.22. The number of hydrogen-bond acceptors (Lipinski definition) is 6. The van der Waals surface area contributed by atoms with Crippen LogP contribution >= 0.6 is 11.6 Å². The minimum absolute atomic E-state index is 0.0790. The van der Waals surface area contributed by atoms with Gasteiger partial charge in [0.15, 0.2) is 11.5 Å². The first-order chi connectivity index (χ1) is 18.3. The molecule has 11 heteroatoms. The third-order valence-corrected chi connectivity index (χ3v) is 8.06. The molecule has 0 saturated carbocycles.